The molecule has 1 aliphatic heterocycles. The van der Waals surface area contributed by atoms with Crippen molar-refractivity contribution < 1.29 is 9.53 Å². The molecule has 2 rings (SSSR count). The molecule has 5 nitrogen and oxygen atoms in total. The molecule has 1 N–H and O–H groups in total. The first-order chi connectivity index (χ1) is 6.75. The average Bonchev–Trinajstić information content (AvgIpc) is 2.75. The van der Waals surface area contributed by atoms with Crippen LogP contribution >= 0.6 is 11.3 Å². The number of nitrogens with one attached hydrogen (secondary N) is 1. The second kappa shape index (κ2) is 4.02. The zero-order chi connectivity index (χ0) is 9.97. The molecule has 0 aliphatic carbocycles. The van der Waals surface area contributed by atoms with Gasteiger partial charge in [0.05, 0.1) is 18.6 Å². The molecule has 0 saturated carbocycles. The van der Waals surface area contributed by atoms with Crippen molar-refractivity contribution in [2.45, 2.75) is 19.4 Å². The van der Waals surface area contributed by atoms with Crippen molar-refractivity contribution in [1.29, 1.82) is 0 Å². The summed E-state index contributed by atoms with van der Waals surface area (Å²) < 4.78 is 5.31. The zero-order valence-corrected chi connectivity index (χ0v) is 8.58. The highest BCUT2D eigenvalue weighted by Crippen LogP contribution is 2.21. The fraction of sp³-hybridized carbons (Fsp3) is 0.625. The quantitative estimate of drug-likeness (QED) is 0.792. The molecule has 0 bridgehead atoms. The van der Waals surface area contributed by atoms with Gasteiger partial charge in [0.25, 0.3) is 0 Å². The molecule has 0 aromatic carbocycles. The van der Waals surface area contributed by atoms with Crippen LogP contribution < -0.4 is 5.32 Å². The standard InChI is InChI=1S/C8H11N3O2S/c1-5-2-6(3-13-5)7(12)10-8-11-9-4-14-8/h4-6H,2-3H2,1H3,(H,10,11,12). The van der Waals surface area contributed by atoms with Gasteiger partial charge >= 0.3 is 0 Å². The normalized spacial score (nSPS) is 26.4. The smallest absolute Gasteiger partial charge is 0.231 e. The highest BCUT2D eigenvalue weighted by atomic mass is 32.1. The minimum Gasteiger partial charge on any atom is -0.378 e. The lowest BCUT2D eigenvalue weighted by molar-refractivity contribution is -0.119. The van der Waals surface area contributed by atoms with Gasteiger partial charge in [-0.3, -0.25) is 4.79 Å². The van der Waals surface area contributed by atoms with E-state index in [-0.39, 0.29) is 17.9 Å². The van der Waals surface area contributed by atoms with Crippen molar-refractivity contribution in [3.8, 4) is 0 Å². The maximum Gasteiger partial charge on any atom is 0.231 e. The number of hydrogen-bond acceptors (Lipinski definition) is 5. The fourth-order valence-electron chi connectivity index (χ4n) is 1.43. The SMILES string of the molecule is CC1CC(C(=O)Nc2nncs2)CO1. The van der Waals surface area contributed by atoms with E-state index >= 15 is 0 Å². The Labute approximate surface area is 85.5 Å². The Hall–Kier alpha value is -1.01. The highest BCUT2D eigenvalue weighted by Gasteiger charge is 2.28. The molecule has 1 saturated heterocycles. The number of aromatic nitrogens is 2. The Morgan fingerprint density at radius 3 is 3.21 bits per heavy atom. The highest BCUT2D eigenvalue weighted by molar-refractivity contribution is 7.13. The minimum absolute atomic E-state index is 0.0221. The van der Waals surface area contributed by atoms with Gasteiger partial charge in [-0.2, -0.15) is 0 Å². The summed E-state index contributed by atoms with van der Waals surface area (Å²) in [6, 6.07) is 0. The molecule has 2 atom stereocenters. The maximum atomic E-state index is 11.6. The van der Waals surface area contributed by atoms with Crippen LogP contribution in [0.25, 0.3) is 0 Å². The van der Waals surface area contributed by atoms with E-state index in [1.807, 2.05) is 6.92 Å². The van der Waals surface area contributed by atoms with Crippen molar-refractivity contribution in [2.24, 2.45) is 5.92 Å². The van der Waals surface area contributed by atoms with Crippen LogP contribution in [0.15, 0.2) is 5.51 Å². The van der Waals surface area contributed by atoms with Gasteiger partial charge in [-0.05, 0) is 13.3 Å². The molecule has 6 heteroatoms. The summed E-state index contributed by atoms with van der Waals surface area (Å²) in [6.07, 6.45) is 0.963. The molecule has 2 heterocycles. The predicted octanol–water partition coefficient (Wildman–Crippen LogP) is 0.902. The van der Waals surface area contributed by atoms with Crippen LogP contribution in [0.2, 0.25) is 0 Å². The van der Waals surface area contributed by atoms with Gasteiger partial charge in [-0.25, -0.2) is 0 Å². The van der Waals surface area contributed by atoms with Crippen LogP contribution in [0.3, 0.4) is 0 Å². The number of anilines is 1. The number of carbonyl (C=O) groups is 1. The van der Waals surface area contributed by atoms with Gasteiger partial charge in [0.2, 0.25) is 11.0 Å². The van der Waals surface area contributed by atoms with Gasteiger partial charge in [0, 0.05) is 0 Å². The Morgan fingerprint density at radius 1 is 1.79 bits per heavy atom. The van der Waals surface area contributed by atoms with E-state index in [0.717, 1.165) is 6.42 Å². The minimum atomic E-state index is -0.0473. The number of carbonyl (C=O) groups excluding carboxylic acids is 1. The molecule has 1 fully saturated rings. The largest absolute Gasteiger partial charge is 0.378 e. The van der Waals surface area contributed by atoms with Crippen molar-refractivity contribution in [1.82, 2.24) is 10.2 Å². The molecular formula is C8H11N3O2S. The van der Waals surface area contributed by atoms with E-state index in [4.69, 9.17) is 4.74 Å². The third-order valence-corrected chi connectivity index (χ3v) is 2.77. The van der Waals surface area contributed by atoms with E-state index in [2.05, 4.69) is 15.5 Å². The van der Waals surface area contributed by atoms with Crippen molar-refractivity contribution in [3.05, 3.63) is 5.51 Å². The Kier molecular flexibility index (Phi) is 2.74. The number of nitrogens with zero attached hydrogens (tertiary/aromatic N) is 2. The second-order valence-electron chi connectivity index (χ2n) is 3.31. The predicted molar refractivity (Wildman–Crippen MR) is 52.1 cm³/mol. The molecular weight excluding hydrogens is 202 g/mol. The van der Waals surface area contributed by atoms with Gasteiger partial charge < -0.3 is 10.1 Å². The lowest BCUT2D eigenvalue weighted by Gasteiger charge is -2.05. The maximum absolute atomic E-state index is 11.6. The number of amides is 1. The second-order valence-corrected chi connectivity index (χ2v) is 4.14. The Bertz CT molecular complexity index is 314. The third-order valence-electron chi connectivity index (χ3n) is 2.16. The van der Waals surface area contributed by atoms with Crippen molar-refractivity contribution in [2.75, 3.05) is 11.9 Å². The molecule has 0 spiro atoms. The molecule has 0 radical (unpaired) electrons. The lowest BCUT2D eigenvalue weighted by atomic mass is 10.1. The number of ether oxygens (including phenoxy) is 1. The summed E-state index contributed by atoms with van der Waals surface area (Å²) >= 11 is 1.32. The summed E-state index contributed by atoms with van der Waals surface area (Å²) in [6.45, 7) is 2.48. The first-order valence-electron chi connectivity index (χ1n) is 4.44. The van der Waals surface area contributed by atoms with E-state index in [0.29, 0.717) is 11.7 Å². The summed E-state index contributed by atoms with van der Waals surface area (Å²) in [5.74, 6) is -0.0694. The molecule has 2 unspecified atom stereocenters. The topological polar surface area (TPSA) is 64.1 Å². The van der Waals surface area contributed by atoms with Gasteiger partial charge in [0.1, 0.15) is 5.51 Å². The molecule has 1 aromatic rings. The van der Waals surface area contributed by atoms with Crippen LogP contribution in [-0.2, 0) is 9.53 Å². The Morgan fingerprint density at radius 2 is 2.64 bits per heavy atom. The van der Waals surface area contributed by atoms with Crippen LogP contribution in [0.4, 0.5) is 5.13 Å². The fourth-order valence-corrected chi connectivity index (χ4v) is 1.88. The molecule has 1 amide bonds. The summed E-state index contributed by atoms with van der Waals surface area (Å²) in [4.78, 5) is 11.6. The monoisotopic (exact) mass is 213 g/mol. The first-order valence-corrected chi connectivity index (χ1v) is 5.32. The average molecular weight is 213 g/mol. The molecule has 76 valence electrons. The van der Waals surface area contributed by atoms with Gasteiger partial charge in [-0.1, -0.05) is 11.3 Å². The zero-order valence-electron chi connectivity index (χ0n) is 7.77. The lowest BCUT2D eigenvalue weighted by Crippen LogP contribution is -2.22. The van der Waals surface area contributed by atoms with Crippen LogP contribution in [-0.4, -0.2) is 28.8 Å². The summed E-state index contributed by atoms with van der Waals surface area (Å²) in [7, 11) is 0. The van der Waals surface area contributed by atoms with Crippen LogP contribution in [0, 0.1) is 5.92 Å². The van der Waals surface area contributed by atoms with E-state index in [1.54, 1.807) is 5.51 Å². The van der Waals surface area contributed by atoms with E-state index in [1.165, 1.54) is 11.3 Å². The summed E-state index contributed by atoms with van der Waals surface area (Å²) in [5.41, 5.74) is 1.59. The summed E-state index contributed by atoms with van der Waals surface area (Å²) in [5, 5.41) is 10.6. The molecule has 1 aromatic heterocycles. The molecule has 14 heavy (non-hydrogen) atoms. The van der Waals surface area contributed by atoms with Crippen LogP contribution in [0.5, 0.6) is 0 Å². The van der Waals surface area contributed by atoms with Crippen LogP contribution in [0.1, 0.15) is 13.3 Å². The number of rotatable bonds is 2. The third kappa shape index (κ3) is 2.08. The number of hydrogen-bond donors (Lipinski definition) is 1. The van der Waals surface area contributed by atoms with E-state index < -0.39 is 0 Å². The Balaban J connectivity index is 1.90. The molecule has 1 aliphatic rings. The van der Waals surface area contributed by atoms with E-state index in [9.17, 15) is 4.79 Å². The first kappa shape index (κ1) is 9.54. The van der Waals surface area contributed by atoms with Crippen molar-refractivity contribution in [3.63, 3.8) is 0 Å². The van der Waals surface area contributed by atoms with Gasteiger partial charge in [0.15, 0.2) is 0 Å². The van der Waals surface area contributed by atoms with Crippen molar-refractivity contribution >= 4 is 22.4 Å². The van der Waals surface area contributed by atoms with Gasteiger partial charge in [-0.15, -0.1) is 10.2 Å².